The second kappa shape index (κ2) is 6.32. The standard InChI is InChI=1S/C21H24N4O/c26-21-22-18-6-3-7-19(20(18)23-21)25-10-8-24(9-11-25)14-15-12-16-4-1-2-5-17(16)13-15/h1-7,15H,8-14H2,(H2,22,23,26). The molecular weight excluding hydrogens is 324 g/mol. The molecule has 0 unspecified atom stereocenters. The lowest BCUT2D eigenvalue weighted by molar-refractivity contribution is 0.221. The maximum absolute atomic E-state index is 11.6. The molecule has 1 fully saturated rings. The van der Waals surface area contributed by atoms with Gasteiger partial charge in [-0.2, -0.15) is 0 Å². The third-order valence-corrected chi connectivity index (χ3v) is 5.89. The number of hydrogen-bond donors (Lipinski definition) is 2. The van der Waals surface area contributed by atoms with Crippen LogP contribution in [0.5, 0.6) is 0 Å². The third kappa shape index (κ3) is 2.82. The number of fused-ring (bicyclic) bond motifs is 2. The summed E-state index contributed by atoms with van der Waals surface area (Å²) in [4.78, 5) is 22.4. The van der Waals surface area contributed by atoms with Gasteiger partial charge in [0.05, 0.1) is 16.7 Å². The Kier molecular flexibility index (Phi) is 3.82. The fraction of sp³-hybridized carbons (Fsp3) is 0.381. The maximum Gasteiger partial charge on any atom is 0.323 e. The van der Waals surface area contributed by atoms with Crippen molar-refractivity contribution in [3.8, 4) is 0 Å². The summed E-state index contributed by atoms with van der Waals surface area (Å²) in [6, 6.07) is 15.0. The Morgan fingerprint density at radius 1 is 0.885 bits per heavy atom. The Bertz CT molecular complexity index is 956. The third-order valence-electron chi connectivity index (χ3n) is 5.89. The summed E-state index contributed by atoms with van der Waals surface area (Å²) < 4.78 is 0. The SMILES string of the molecule is O=c1[nH]c2cccc(N3CCN(CC4Cc5ccccc5C4)CC3)c2[nH]1. The van der Waals surface area contributed by atoms with Crippen molar-refractivity contribution in [3.05, 3.63) is 64.1 Å². The molecule has 2 aliphatic rings. The van der Waals surface area contributed by atoms with Crippen LogP contribution in [0.25, 0.3) is 11.0 Å². The monoisotopic (exact) mass is 348 g/mol. The van der Waals surface area contributed by atoms with E-state index in [2.05, 4.69) is 50.1 Å². The van der Waals surface area contributed by atoms with Crippen molar-refractivity contribution in [2.45, 2.75) is 12.8 Å². The molecule has 1 aromatic heterocycles. The Labute approximate surface area is 152 Å². The minimum Gasteiger partial charge on any atom is -0.367 e. The van der Waals surface area contributed by atoms with Crippen LogP contribution in [0.15, 0.2) is 47.3 Å². The van der Waals surface area contributed by atoms with Crippen molar-refractivity contribution < 1.29 is 0 Å². The van der Waals surface area contributed by atoms with Crippen LogP contribution in [0.1, 0.15) is 11.1 Å². The zero-order valence-corrected chi connectivity index (χ0v) is 14.9. The summed E-state index contributed by atoms with van der Waals surface area (Å²) in [5.74, 6) is 0.753. The summed E-state index contributed by atoms with van der Waals surface area (Å²) in [5.41, 5.74) is 5.90. The number of aromatic amines is 2. The van der Waals surface area contributed by atoms with Gasteiger partial charge >= 0.3 is 5.69 Å². The Hall–Kier alpha value is -2.53. The Morgan fingerprint density at radius 2 is 1.62 bits per heavy atom. The summed E-state index contributed by atoms with van der Waals surface area (Å²) in [5, 5.41) is 0. The molecular formula is C21H24N4O. The molecule has 2 N–H and O–H groups in total. The van der Waals surface area contributed by atoms with Gasteiger partial charge in [-0.15, -0.1) is 0 Å². The van der Waals surface area contributed by atoms with Crippen molar-refractivity contribution >= 4 is 16.7 Å². The van der Waals surface area contributed by atoms with Crippen LogP contribution in [0, 0.1) is 5.92 Å². The van der Waals surface area contributed by atoms with Crippen molar-refractivity contribution in [2.24, 2.45) is 5.92 Å². The normalized spacial score (nSPS) is 18.5. The molecule has 3 aromatic rings. The van der Waals surface area contributed by atoms with E-state index in [9.17, 15) is 4.79 Å². The number of H-pyrrole nitrogens is 2. The fourth-order valence-corrected chi connectivity index (χ4v) is 4.62. The van der Waals surface area contributed by atoms with Crippen LogP contribution < -0.4 is 10.6 Å². The average molecular weight is 348 g/mol. The maximum atomic E-state index is 11.6. The Morgan fingerprint density at radius 3 is 2.35 bits per heavy atom. The van der Waals surface area contributed by atoms with Crippen LogP contribution in [-0.4, -0.2) is 47.6 Å². The van der Waals surface area contributed by atoms with Crippen molar-refractivity contribution in [1.82, 2.24) is 14.9 Å². The van der Waals surface area contributed by atoms with Crippen molar-refractivity contribution in [3.63, 3.8) is 0 Å². The van der Waals surface area contributed by atoms with E-state index in [1.165, 1.54) is 19.4 Å². The quantitative estimate of drug-likeness (QED) is 0.764. The summed E-state index contributed by atoms with van der Waals surface area (Å²) in [6.45, 7) is 5.36. The first-order chi connectivity index (χ1) is 12.8. The van der Waals surface area contributed by atoms with E-state index in [1.54, 1.807) is 11.1 Å². The first-order valence-corrected chi connectivity index (χ1v) is 9.51. The highest BCUT2D eigenvalue weighted by atomic mass is 16.1. The number of rotatable bonds is 3. The molecule has 2 heterocycles. The predicted octanol–water partition coefficient (Wildman–Crippen LogP) is 2.39. The Balaban J connectivity index is 1.23. The van der Waals surface area contributed by atoms with Gasteiger partial charge in [-0.3, -0.25) is 4.90 Å². The molecule has 0 saturated carbocycles. The van der Waals surface area contributed by atoms with Gasteiger partial charge in [0.25, 0.3) is 0 Å². The second-order valence-electron chi connectivity index (χ2n) is 7.61. The molecule has 0 amide bonds. The lowest BCUT2D eigenvalue weighted by atomic mass is 10.1. The number of benzene rings is 2. The molecule has 134 valence electrons. The largest absolute Gasteiger partial charge is 0.367 e. The van der Waals surface area contributed by atoms with Gasteiger partial charge < -0.3 is 14.9 Å². The molecule has 1 aliphatic carbocycles. The molecule has 5 heteroatoms. The number of piperazine rings is 1. The minimum atomic E-state index is -0.133. The molecule has 5 nitrogen and oxygen atoms in total. The van der Waals surface area contributed by atoms with Gasteiger partial charge in [0, 0.05) is 32.7 Å². The fourth-order valence-electron chi connectivity index (χ4n) is 4.62. The summed E-state index contributed by atoms with van der Waals surface area (Å²) in [7, 11) is 0. The van der Waals surface area contributed by atoms with Gasteiger partial charge in [-0.05, 0) is 42.0 Å². The summed E-state index contributed by atoms with van der Waals surface area (Å²) >= 11 is 0. The molecule has 0 bridgehead atoms. The van der Waals surface area contributed by atoms with Crippen LogP contribution in [-0.2, 0) is 12.8 Å². The molecule has 0 radical (unpaired) electrons. The van der Waals surface area contributed by atoms with Crippen LogP contribution >= 0.6 is 0 Å². The zero-order valence-electron chi connectivity index (χ0n) is 14.9. The number of hydrogen-bond acceptors (Lipinski definition) is 3. The van der Waals surface area contributed by atoms with Crippen LogP contribution in [0.3, 0.4) is 0 Å². The number of imidazole rings is 1. The van der Waals surface area contributed by atoms with Crippen molar-refractivity contribution in [2.75, 3.05) is 37.6 Å². The zero-order chi connectivity index (χ0) is 17.5. The van der Waals surface area contributed by atoms with E-state index in [-0.39, 0.29) is 5.69 Å². The lowest BCUT2D eigenvalue weighted by Gasteiger charge is -2.37. The topological polar surface area (TPSA) is 55.1 Å². The molecule has 1 aliphatic heterocycles. The van der Waals surface area contributed by atoms with E-state index in [0.29, 0.717) is 0 Å². The van der Waals surface area contributed by atoms with E-state index in [1.807, 2.05) is 12.1 Å². The van der Waals surface area contributed by atoms with E-state index in [0.717, 1.165) is 48.8 Å². The molecule has 5 rings (SSSR count). The number of nitrogens with zero attached hydrogens (tertiary/aromatic N) is 2. The first-order valence-electron chi connectivity index (χ1n) is 9.51. The molecule has 0 atom stereocenters. The highest BCUT2D eigenvalue weighted by Gasteiger charge is 2.25. The van der Waals surface area contributed by atoms with Gasteiger partial charge in [-0.25, -0.2) is 4.79 Å². The first kappa shape index (κ1) is 15.7. The predicted molar refractivity (Wildman–Crippen MR) is 105 cm³/mol. The van der Waals surface area contributed by atoms with Crippen molar-refractivity contribution in [1.29, 1.82) is 0 Å². The molecule has 0 spiro atoms. The van der Waals surface area contributed by atoms with Crippen LogP contribution in [0.4, 0.5) is 5.69 Å². The number of anilines is 1. The molecule has 26 heavy (non-hydrogen) atoms. The highest BCUT2D eigenvalue weighted by molar-refractivity contribution is 5.88. The molecule has 1 saturated heterocycles. The van der Waals surface area contributed by atoms with E-state index < -0.39 is 0 Å². The number of nitrogens with one attached hydrogen (secondary N) is 2. The number of aromatic nitrogens is 2. The van der Waals surface area contributed by atoms with Gasteiger partial charge in [-0.1, -0.05) is 30.3 Å². The average Bonchev–Trinajstić information content (AvgIpc) is 3.23. The van der Waals surface area contributed by atoms with Gasteiger partial charge in [0.1, 0.15) is 0 Å². The van der Waals surface area contributed by atoms with Gasteiger partial charge in [0.15, 0.2) is 0 Å². The van der Waals surface area contributed by atoms with Crippen LogP contribution in [0.2, 0.25) is 0 Å². The second-order valence-corrected chi connectivity index (χ2v) is 7.61. The smallest absolute Gasteiger partial charge is 0.323 e. The molecule has 2 aromatic carbocycles. The highest BCUT2D eigenvalue weighted by Crippen LogP contribution is 2.28. The van der Waals surface area contributed by atoms with Gasteiger partial charge in [0.2, 0.25) is 0 Å². The van der Waals surface area contributed by atoms with E-state index in [4.69, 9.17) is 0 Å². The summed E-state index contributed by atoms with van der Waals surface area (Å²) in [6.07, 6.45) is 2.45. The minimum absolute atomic E-state index is 0.133. The number of para-hydroxylation sites is 1. The van der Waals surface area contributed by atoms with E-state index >= 15 is 0 Å². The lowest BCUT2D eigenvalue weighted by Crippen LogP contribution is -2.48.